The van der Waals surface area contributed by atoms with Gasteiger partial charge in [-0.2, -0.15) is 5.26 Å². The number of nitriles is 1. The molecule has 2 aliphatic rings. The maximum atomic E-state index is 12.8. The molecule has 1 fully saturated rings. The summed E-state index contributed by atoms with van der Waals surface area (Å²) < 4.78 is 17.9. The van der Waals surface area contributed by atoms with E-state index in [1.807, 2.05) is 52.0 Å². The normalized spacial score (nSPS) is 17.4. The summed E-state index contributed by atoms with van der Waals surface area (Å²) in [5.41, 5.74) is 5.03. The Morgan fingerprint density at radius 3 is 2.11 bits per heavy atom. The molecule has 176 valence electrons. The topological polar surface area (TPSA) is 80.6 Å². The fraction of sp³-hybridized carbons (Fsp3) is 0.286. The van der Waals surface area contributed by atoms with Gasteiger partial charge in [0.25, 0.3) is 0 Å². The molecule has 0 atom stereocenters. The van der Waals surface area contributed by atoms with Gasteiger partial charge in [0.05, 0.1) is 22.5 Å². The van der Waals surface area contributed by atoms with Gasteiger partial charge in [0, 0.05) is 5.92 Å². The van der Waals surface area contributed by atoms with Gasteiger partial charge in [-0.15, -0.1) is 0 Å². The molecule has 1 saturated heterocycles. The molecule has 6 nitrogen and oxygen atoms in total. The minimum atomic E-state index is -0.616. The van der Waals surface area contributed by atoms with Gasteiger partial charge in [-0.25, -0.2) is 4.79 Å². The van der Waals surface area contributed by atoms with E-state index in [1.165, 1.54) is 11.1 Å². The van der Waals surface area contributed by atoms with Crippen molar-refractivity contribution in [3.63, 3.8) is 0 Å². The predicted octanol–water partition coefficient (Wildman–Crippen LogP) is 5.22. The molecule has 0 unspecified atom stereocenters. The number of carbonyl (C=O) groups is 1. The van der Waals surface area contributed by atoms with Crippen molar-refractivity contribution in [2.75, 3.05) is 11.9 Å². The number of fused-ring (bicyclic) bond motifs is 3. The van der Waals surface area contributed by atoms with E-state index in [0.29, 0.717) is 11.3 Å². The Bertz CT molecular complexity index is 1280. The Labute approximate surface area is 206 Å². The van der Waals surface area contributed by atoms with E-state index < -0.39 is 24.4 Å². The first kappa shape index (κ1) is 23.2. The van der Waals surface area contributed by atoms with E-state index in [2.05, 4.69) is 35.7 Å². The van der Waals surface area contributed by atoms with E-state index in [0.717, 1.165) is 16.6 Å². The van der Waals surface area contributed by atoms with E-state index >= 15 is 0 Å². The van der Waals surface area contributed by atoms with Crippen LogP contribution < -0.4 is 10.8 Å². The number of rotatable bonds is 4. The van der Waals surface area contributed by atoms with E-state index in [1.54, 1.807) is 18.2 Å². The third kappa shape index (κ3) is 4.09. The Morgan fingerprint density at radius 2 is 1.54 bits per heavy atom. The van der Waals surface area contributed by atoms with Gasteiger partial charge < -0.3 is 14.0 Å². The van der Waals surface area contributed by atoms with E-state index in [4.69, 9.17) is 14.0 Å². The lowest BCUT2D eigenvalue weighted by Crippen LogP contribution is -2.41. The highest BCUT2D eigenvalue weighted by Crippen LogP contribution is 2.44. The Hall–Kier alpha value is -3.60. The zero-order valence-corrected chi connectivity index (χ0v) is 20.3. The van der Waals surface area contributed by atoms with Crippen molar-refractivity contribution in [3.8, 4) is 17.2 Å². The highest BCUT2D eigenvalue weighted by molar-refractivity contribution is 6.62. The van der Waals surface area contributed by atoms with Gasteiger partial charge in [0.1, 0.15) is 12.7 Å². The second-order valence-electron chi connectivity index (χ2n) is 9.96. The van der Waals surface area contributed by atoms with Crippen LogP contribution in [-0.4, -0.2) is 31.0 Å². The van der Waals surface area contributed by atoms with Crippen LogP contribution in [0.1, 0.15) is 50.3 Å². The first-order chi connectivity index (χ1) is 16.7. The van der Waals surface area contributed by atoms with Gasteiger partial charge in [0.2, 0.25) is 0 Å². The zero-order valence-electron chi connectivity index (χ0n) is 20.3. The lowest BCUT2D eigenvalue weighted by molar-refractivity contribution is 0.00578. The lowest BCUT2D eigenvalue weighted by Gasteiger charge is -2.32. The first-order valence-electron chi connectivity index (χ1n) is 11.7. The SMILES string of the molecule is CC1(C)OB(c2ccc(C#N)c(NC(=O)OCC3c4ccccc4-c4ccccc43)c2)OC1(C)C. The van der Waals surface area contributed by atoms with Crippen LogP contribution >= 0.6 is 0 Å². The zero-order chi connectivity index (χ0) is 24.8. The summed E-state index contributed by atoms with van der Waals surface area (Å²) in [6.45, 7) is 8.11. The number of carbonyl (C=O) groups excluding carboxylic acids is 1. The fourth-order valence-electron chi connectivity index (χ4n) is 4.63. The van der Waals surface area contributed by atoms with Crippen molar-refractivity contribution >= 4 is 24.4 Å². The molecule has 7 heteroatoms. The van der Waals surface area contributed by atoms with Crippen molar-refractivity contribution < 1.29 is 18.8 Å². The number of amides is 1. The van der Waals surface area contributed by atoms with Gasteiger partial charge in [-0.05, 0) is 67.5 Å². The van der Waals surface area contributed by atoms with Gasteiger partial charge in [0.15, 0.2) is 0 Å². The highest BCUT2D eigenvalue weighted by Gasteiger charge is 2.51. The van der Waals surface area contributed by atoms with Crippen molar-refractivity contribution in [3.05, 3.63) is 83.4 Å². The largest absolute Gasteiger partial charge is 0.494 e. The third-order valence-corrected chi connectivity index (χ3v) is 7.27. The van der Waals surface area contributed by atoms with Crippen LogP contribution in [0.3, 0.4) is 0 Å². The van der Waals surface area contributed by atoms with Gasteiger partial charge >= 0.3 is 13.2 Å². The monoisotopic (exact) mass is 466 g/mol. The van der Waals surface area contributed by atoms with Crippen molar-refractivity contribution in [2.45, 2.75) is 44.8 Å². The first-order valence-corrected chi connectivity index (χ1v) is 11.7. The Balaban J connectivity index is 1.32. The summed E-state index contributed by atoms with van der Waals surface area (Å²) in [5, 5.41) is 12.3. The summed E-state index contributed by atoms with van der Waals surface area (Å²) in [4.78, 5) is 12.8. The Morgan fingerprint density at radius 1 is 0.971 bits per heavy atom. The average molecular weight is 466 g/mol. The lowest BCUT2D eigenvalue weighted by atomic mass is 9.78. The summed E-state index contributed by atoms with van der Waals surface area (Å²) in [7, 11) is -0.601. The second-order valence-corrected chi connectivity index (χ2v) is 9.96. The molecule has 0 saturated carbocycles. The molecule has 3 aromatic rings. The molecular formula is C28H27BN2O4. The molecule has 5 rings (SSSR count). The van der Waals surface area contributed by atoms with Gasteiger partial charge in [-0.3, -0.25) is 5.32 Å². The van der Waals surface area contributed by atoms with Crippen molar-refractivity contribution in [1.82, 2.24) is 0 Å². The molecule has 1 heterocycles. The molecule has 35 heavy (non-hydrogen) atoms. The number of ether oxygens (including phenoxy) is 1. The summed E-state index contributed by atoms with van der Waals surface area (Å²) in [6, 6.07) is 23.6. The Kier molecular flexibility index (Phi) is 5.67. The van der Waals surface area contributed by atoms with Crippen LogP contribution in [0.25, 0.3) is 11.1 Å². The molecule has 1 N–H and O–H groups in total. The average Bonchev–Trinajstić information content (AvgIpc) is 3.27. The molecule has 0 bridgehead atoms. The molecule has 3 aromatic carbocycles. The number of anilines is 1. The van der Waals surface area contributed by atoms with E-state index in [9.17, 15) is 10.1 Å². The van der Waals surface area contributed by atoms with Crippen LogP contribution in [0.5, 0.6) is 0 Å². The van der Waals surface area contributed by atoms with Crippen LogP contribution in [0.15, 0.2) is 66.7 Å². The minimum Gasteiger partial charge on any atom is -0.448 e. The van der Waals surface area contributed by atoms with Crippen LogP contribution in [0.4, 0.5) is 10.5 Å². The highest BCUT2D eigenvalue weighted by atomic mass is 16.7. The van der Waals surface area contributed by atoms with Crippen LogP contribution in [0, 0.1) is 11.3 Å². The molecule has 0 radical (unpaired) electrons. The number of benzene rings is 3. The predicted molar refractivity (Wildman–Crippen MR) is 136 cm³/mol. The van der Waals surface area contributed by atoms with E-state index in [-0.39, 0.29) is 12.5 Å². The summed E-state index contributed by atoms with van der Waals surface area (Å²) in [6.07, 6.45) is -0.616. The molecule has 1 aliphatic heterocycles. The quantitative estimate of drug-likeness (QED) is 0.534. The standard InChI is InChI=1S/C28H27BN2O4/c1-27(2)28(3,4)35-29(34-27)19-14-13-18(16-30)25(15-19)31-26(32)33-17-24-22-11-7-5-9-20(22)21-10-6-8-12-23(21)24/h5-15,24H,17H2,1-4H3,(H,31,32). The van der Waals surface area contributed by atoms with Gasteiger partial charge in [-0.1, -0.05) is 54.6 Å². The van der Waals surface area contributed by atoms with Crippen molar-refractivity contribution in [1.29, 1.82) is 5.26 Å². The number of nitrogens with zero attached hydrogens (tertiary/aromatic N) is 1. The van der Waals surface area contributed by atoms with Crippen molar-refractivity contribution in [2.24, 2.45) is 0 Å². The molecule has 0 aromatic heterocycles. The molecule has 0 spiro atoms. The number of hydrogen-bond donors (Lipinski definition) is 1. The fourth-order valence-corrected chi connectivity index (χ4v) is 4.63. The minimum absolute atomic E-state index is 0.0420. The molecular weight excluding hydrogens is 439 g/mol. The number of hydrogen-bond acceptors (Lipinski definition) is 5. The molecule has 1 amide bonds. The number of nitrogens with one attached hydrogen (secondary N) is 1. The maximum Gasteiger partial charge on any atom is 0.494 e. The molecule has 1 aliphatic carbocycles. The van der Waals surface area contributed by atoms with Crippen LogP contribution in [-0.2, 0) is 14.0 Å². The van der Waals surface area contributed by atoms with Crippen LogP contribution in [0.2, 0.25) is 0 Å². The summed E-state index contributed by atoms with van der Waals surface area (Å²) >= 11 is 0. The second kappa shape index (κ2) is 8.56. The maximum absolute atomic E-state index is 12.8. The third-order valence-electron chi connectivity index (χ3n) is 7.27. The summed E-state index contributed by atoms with van der Waals surface area (Å²) in [5.74, 6) is -0.0420. The smallest absolute Gasteiger partial charge is 0.448 e.